The van der Waals surface area contributed by atoms with Crippen LogP contribution in [0.15, 0.2) is 164 Å². The Morgan fingerprint density at radius 2 is 1.04 bits per heavy atom. The van der Waals surface area contributed by atoms with E-state index in [0.29, 0.717) is 17.5 Å². The van der Waals surface area contributed by atoms with Gasteiger partial charge in [0.25, 0.3) is 0 Å². The minimum Gasteiger partial charge on any atom is -0.452 e. The second-order valence-electron chi connectivity index (χ2n) is 12.2. The SMILES string of the molecule is Cc1ccccc1-c1ccc2c(c1)N(c1ccc(-c3nc(-c4ccccc4)nc(-c4ccccc4)n3)cc1)c1ccc3ccccc3c1O2. The molecule has 0 fully saturated rings. The lowest BCUT2D eigenvalue weighted by atomic mass is 9.98. The molecule has 0 atom stereocenters. The first kappa shape index (κ1) is 28.6. The van der Waals surface area contributed by atoms with Gasteiger partial charge >= 0.3 is 0 Å². The van der Waals surface area contributed by atoms with Gasteiger partial charge in [-0.05, 0) is 71.5 Å². The molecule has 1 aliphatic rings. The molecule has 7 aromatic carbocycles. The number of benzene rings is 7. The summed E-state index contributed by atoms with van der Waals surface area (Å²) in [4.78, 5) is 17.0. The molecule has 1 aromatic heterocycles. The zero-order valence-corrected chi connectivity index (χ0v) is 26.8. The van der Waals surface area contributed by atoms with Crippen molar-refractivity contribution in [3.05, 3.63) is 169 Å². The van der Waals surface area contributed by atoms with Crippen LogP contribution >= 0.6 is 0 Å². The van der Waals surface area contributed by atoms with E-state index in [0.717, 1.165) is 61.6 Å². The first-order chi connectivity index (χ1) is 24.2. The van der Waals surface area contributed by atoms with Crippen molar-refractivity contribution in [2.24, 2.45) is 0 Å². The molecule has 0 radical (unpaired) electrons. The van der Waals surface area contributed by atoms with E-state index in [1.54, 1.807) is 0 Å². The van der Waals surface area contributed by atoms with E-state index in [1.165, 1.54) is 11.1 Å². The Kier molecular flexibility index (Phi) is 6.95. The van der Waals surface area contributed by atoms with Gasteiger partial charge in [0, 0.05) is 27.8 Å². The third kappa shape index (κ3) is 5.18. The molecule has 0 saturated heterocycles. The lowest BCUT2D eigenvalue weighted by Gasteiger charge is -2.34. The van der Waals surface area contributed by atoms with Crippen LogP contribution in [0.3, 0.4) is 0 Å². The van der Waals surface area contributed by atoms with Gasteiger partial charge in [0.1, 0.15) is 0 Å². The van der Waals surface area contributed by atoms with Crippen LogP contribution < -0.4 is 9.64 Å². The maximum atomic E-state index is 6.70. The van der Waals surface area contributed by atoms with E-state index in [4.69, 9.17) is 19.7 Å². The number of aryl methyl sites for hydroxylation is 1. The number of hydrogen-bond donors (Lipinski definition) is 0. The van der Waals surface area contributed by atoms with Crippen molar-refractivity contribution in [1.82, 2.24) is 15.0 Å². The van der Waals surface area contributed by atoms with Crippen LogP contribution in [0.5, 0.6) is 11.5 Å². The summed E-state index contributed by atoms with van der Waals surface area (Å²) < 4.78 is 6.70. The number of hydrogen-bond acceptors (Lipinski definition) is 5. The molecule has 0 saturated carbocycles. The average molecular weight is 631 g/mol. The van der Waals surface area contributed by atoms with E-state index < -0.39 is 0 Å². The van der Waals surface area contributed by atoms with Gasteiger partial charge in [-0.25, -0.2) is 15.0 Å². The second-order valence-corrected chi connectivity index (χ2v) is 12.2. The third-order valence-corrected chi connectivity index (χ3v) is 9.05. The lowest BCUT2D eigenvalue weighted by molar-refractivity contribution is 0.482. The van der Waals surface area contributed by atoms with E-state index in [-0.39, 0.29) is 0 Å². The van der Waals surface area contributed by atoms with Crippen LogP contribution in [0.25, 0.3) is 56.1 Å². The van der Waals surface area contributed by atoms with Crippen molar-refractivity contribution in [2.75, 3.05) is 4.90 Å². The van der Waals surface area contributed by atoms with Crippen LogP contribution in [0.4, 0.5) is 17.1 Å². The Morgan fingerprint density at radius 1 is 0.469 bits per heavy atom. The molecule has 232 valence electrons. The van der Waals surface area contributed by atoms with Crippen LogP contribution in [-0.2, 0) is 0 Å². The number of aromatic nitrogens is 3. The van der Waals surface area contributed by atoms with Gasteiger partial charge in [0.15, 0.2) is 29.0 Å². The standard InChI is InChI=1S/C44H30N4O/c1-29-12-8-10-18-36(29)34-23-27-40-39(28-34)48(38-26-22-30-13-9-11-19-37(30)41(38)49-40)35-24-20-33(21-25-35)44-46-42(31-14-4-2-5-15-31)45-43(47-44)32-16-6-3-7-17-32/h2-28H,1H3. The smallest absolute Gasteiger partial charge is 0.164 e. The molecular formula is C44H30N4O. The van der Waals surface area contributed by atoms with Crippen molar-refractivity contribution in [3.63, 3.8) is 0 Å². The summed E-state index contributed by atoms with van der Waals surface area (Å²) in [7, 11) is 0. The molecule has 5 nitrogen and oxygen atoms in total. The largest absolute Gasteiger partial charge is 0.452 e. The summed E-state index contributed by atoms with van der Waals surface area (Å²) in [5.41, 5.74) is 9.32. The summed E-state index contributed by atoms with van der Waals surface area (Å²) in [6.45, 7) is 2.15. The highest BCUT2D eigenvalue weighted by Crippen LogP contribution is 2.53. The van der Waals surface area contributed by atoms with Gasteiger partial charge < -0.3 is 9.64 Å². The first-order valence-electron chi connectivity index (χ1n) is 16.4. The van der Waals surface area contributed by atoms with Gasteiger partial charge in [-0.15, -0.1) is 0 Å². The van der Waals surface area contributed by atoms with Crippen LogP contribution in [0.1, 0.15) is 5.56 Å². The minimum atomic E-state index is 0.620. The fraction of sp³-hybridized carbons (Fsp3) is 0.0227. The highest BCUT2D eigenvalue weighted by molar-refractivity contribution is 6.00. The van der Waals surface area contributed by atoms with Gasteiger partial charge in [-0.1, -0.05) is 121 Å². The lowest BCUT2D eigenvalue weighted by Crippen LogP contribution is -2.16. The quantitative estimate of drug-likeness (QED) is 0.189. The Labute approximate surface area is 284 Å². The van der Waals surface area contributed by atoms with Crippen molar-refractivity contribution in [1.29, 1.82) is 0 Å². The molecule has 0 bridgehead atoms. The Bertz CT molecular complexity index is 2420. The normalized spacial score (nSPS) is 11.9. The van der Waals surface area contributed by atoms with E-state index in [9.17, 15) is 0 Å². The summed E-state index contributed by atoms with van der Waals surface area (Å²) in [6.07, 6.45) is 0. The fourth-order valence-electron chi connectivity index (χ4n) is 6.57. The molecule has 1 aliphatic heterocycles. The molecular weight excluding hydrogens is 601 g/mol. The molecule has 0 spiro atoms. The zero-order valence-electron chi connectivity index (χ0n) is 26.8. The molecule has 8 aromatic rings. The highest BCUT2D eigenvalue weighted by Gasteiger charge is 2.28. The fourth-order valence-corrected chi connectivity index (χ4v) is 6.57. The van der Waals surface area contributed by atoms with Crippen LogP contribution in [0, 0.1) is 6.92 Å². The Hall–Kier alpha value is -6.59. The first-order valence-corrected chi connectivity index (χ1v) is 16.4. The molecule has 49 heavy (non-hydrogen) atoms. The van der Waals surface area contributed by atoms with Crippen molar-refractivity contribution in [3.8, 4) is 56.8 Å². The molecule has 2 heterocycles. The predicted molar refractivity (Wildman–Crippen MR) is 199 cm³/mol. The maximum Gasteiger partial charge on any atom is 0.164 e. The molecule has 9 rings (SSSR count). The van der Waals surface area contributed by atoms with E-state index in [2.05, 4.69) is 115 Å². The molecule has 0 amide bonds. The van der Waals surface area contributed by atoms with Gasteiger partial charge in [0.2, 0.25) is 0 Å². The van der Waals surface area contributed by atoms with Crippen LogP contribution in [-0.4, -0.2) is 15.0 Å². The summed E-state index contributed by atoms with van der Waals surface area (Å²) in [5.74, 6) is 3.55. The molecule has 0 unspecified atom stereocenters. The summed E-state index contributed by atoms with van der Waals surface area (Å²) in [5, 5.41) is 2.21. The molecule has 0 N–H and O–H groups in total. The zero-order chi connectivity index (χ0) is 32.7. The second kappa shape index (κ2) is 11.9. The number of ether oxygens (including phenoxy) is 1. The molecule has 5 heteroatoms. The monoisotopic (exact) mass is 630 g/mol. The number of nitrogens with zero attached hydrogens (tertiary/aromatic N) is 4. The minimum absolute atomic E-state index is 0.620. The Morgan fingerprint density at radius 3 is 1.71 bits per heavy atom. The molecule has 0 aliphatic carbocycles. The van der Waals surface area contributed by atoms with E-state index >= 15 is 0 Å². The highest BCUT2D eigenvalue weighted by atomic mass is 16.5. The number of rotatable bonds is 5. The van der Waals surface area contributed by atoms with E-state index in [1.807, 2.05) is 60.7 Å². The van der Waals surface area contributed by atoms with Gasteiger partial charge in [0.05, 0.1) is 11.4 Å². The third-order valence-electron chi connectivity index (χ3n) is 9.05. The van der Waals surface area contributed by atoms with Crippen molar-refractivity contribution >= 4 is 27.8 Å². The number of anilines is 3. The van der Waals surface area contributed by atoms with Crippen molar-refractivity contribution in [2.45, 2.75) is 6.92 Å². The summed E-state index contributed by atoms with van der Waals surface area (Å²) in [6, 6.07) is 56.2. The average Bonchev–Trinajstić information content (AvgIpc) is 3.17. The topological polar surface area (TPSA) is 51.1 Å². The van der Waals surface area contributed by atoms with Crippen LogP contribution in [0.2, 0.25) is 0 Å². The Balaban J connectivity index is 1.18. The summed E-state index contributed by atoms with van der Waals surface area (Å²) >= 11 is 0. The van der Waals surface area contributed by atoms with Crippen molar-refractivity contribution < 1.29 is 4.74 Å². The number of fused-ring (bicyclic) bond motifs is 4. The predicted octanol–water partition coefficient (Wildman–Crippen LogP) is 11.6. The van der Waals surface area contributed by atoms with Gasteiger partial charge in [-0.2, -0.15) is 0 Å². The maximum absolute atomic E-state index is 6.70. The van der Waals surface area contributed by atoms with Gasteiger partial charge in [-0.3, -0.25) is 0 Å².